The molecule has 0 saturated heterocycles. The van der Waals surface area contributed by atoms with Crippen molar-refractivity contribution in [1.82, 2.24) is 5.32 Å². The number of amides is 1. The summed E-state index contributed by atoms with van der Waals surface area (Å²) in [6, 6.07) is 5.92. The minimum atomic E-state index is -0.0475. The van der Waals surface area contributed by atoms with Gasteiger partial charge in [0.1, 0.15) is 0 Å². The minimum absolute atomic E-state index is 0.0475. The average molecular weight is 324 g/mol. The van der Waals surface area contributed by atoms with E-state index in [-0.39, 0.29) is 11.4 Å². The molecule has 1 aromatic carbocycles. The predicted octanol–water partition coefficient (Wildman–Crippen LogP) is 4.13. The van der Waals surface area contributed by atoms with Gasteiger partial charge in [-0.3, -0.25) is 4.79 Å². The summed E-state index contributed by atoms with van der Waals surface area (Å²) in [4.78, 5) is 12.4. The Bertz CT molecular complexity index is 464. The quantitative estimate of drug-likeness (QED) is 0.832. The average Bonchev–Trinajstić information content (AvgIpc) is 2.43. The fraction of sp³-hybridized carbons (Fsp3) is 0.562. The van der Waals surface area contributed by atoms with Crippen LogP contribution in [-0.4, -0.2) is 16.8 Å². The van der Waals surface area contributed by atoms with Crippen LogP contribution in [0.2, 0.25) is 0 Å². The van der Waals surface area contributed by atoms with Crippen LogP contribution in [0.1, 0.15) is 53.6 Å². The van der Waals surface area contributed by atoms with Gasteiger partial charge in [0.15, 0.2) is 0 Å². The molecule has 0 aromatic heterocycles. The third-order valence-electron chi connectivity index (χ3n) is 4.21. The van der Waals surface area contributed by atoms with Crippen molar-refractivity contribution >= 4 is 21.8 Å². The maximum absolute atomic E-state index is 12.4. The van der Waals surface area contributed by atoms with Gasteiger partial charge in [-0.25, -0.2) is 0 Å². The highest BCUT2D eigenvalue weighted by Gasteiger charge is 2.32. The smallest absolute Gasteiger partial charge is 0.251 e. The second kappa shape index (κ2) is 6.08. The molecule has 0 radical (unpaired) electrons. The van der Waals surface area contributed by atoms with E-state index in [2.05, 4.69) is 28.2 Å². The second-order valence-electron chi connectivity index (χ2n) is 5.73. The zero-order valence-electron chi connectivity index (χ0n) is 11.8. The third kappa shape index (κ3) is 3.38. The number of aryl methyl sites for hydroxylation is 2. The van der Waals surface area contributed by atoms with E-state index in [9.17, 15) is 4.79 Å². The van der Waals surface area contributed by atoms with Crippen LogP contribution < -0.4 is 5.32 Å². The number of halogens is 1. The molecule has 1 amide bonds. The molecule has 19 heavy (non-hydrogen) atoms. The molecule has 1 N–H and O–H groups in total. The lowest BCUT2D eigenvalue weighted by atomic mass is 9.83. The van der Waals surface area contributed by atoms with Crippen molar-refractivity contribution in [3.8, 4) is 0 Å². The third-order valence-corrected chi connectivity index (χ3v) is 5.29. The van der Waals surface area contributed by atoms with Crippen molar-refractivity contribution in [2.24, 2.45) is 0 Å². The van der Waals surface area contributed by atoms with Gasteiger partial charge in [-0.1, -0.05) is 41.3 Å². The molecule has 0 unspecified atom stereocenters. The van der Waals surface area contributed by atoms with Crippen molar-refractivity contribution in [2.45, 2.75) is 51.5 Å². The van der Waals surface area contributed by atoms with Gasteiger partial charge in [0.05, 0.1) is 5.54 Å². The molecule has 0 bridgehead atoms. The van der Waals surface area contributed by atoms with Gasteiger partial charge in [0, 0.05) is 10.9 Å². The molecular formula is C16H22BrNO. The zero-order valence-corrected chi connectivity index (χ0v) is 13.3. The Morgan fingerprint density at radius 3 is 2.47 bits per heavy atom. The first-order valence-corrected chi connectivity index (χ1v) is 8.14. The number of carbonyl (C=O) groups is 1. The molecule has 104 valence electrons. The van der Waals surface area contributed by atoms with Crippen molar-refractivity contribution in [3.05, 3.63) is 34.9 Å². The van der Waals surface area contributed by atoms with E-state index in [4.69, 9.17) is 0 Å². The van der Waals surface area contributed by atoms with Gasteiger partial charge >= 0.3 is 0 Å². The number of hydrogen-bond acceptors (Lipinski definition) is 1. The van der Waals surface area contributed by atoms with Gasteiger partial charge in [-0.15, -0.1) is 0 Å². The number of rotatable bonds is 3. The number of carbonyl (C=O) groups excluding carboxylic acids is 1. The number of nitrogens with one attached hydrogen (secondary N) is 1. The summed E-state index contributed by atoms with van der Waals surface area (Å²) in [6.45, 7) is 4.12. The predicted molar refractivity (Wildman–Crippen MR) is 83.0 cm³/mol. The molecule has 0 spiro atoms. The second-order valence-corrected chi connectivity index (χ2v) is 6.29. The van der Waals surface area contributed by atoms with Crippen molar-refractivity contribution in [1.29, 1.82) is 0 Å². The fourth-order valence-electron chi connectivity index (χ4n) is 2.72. The first-order chi connectivity index (χ1) is 9.06. The van der Waals surface area contributed by atoms with E-state index in [1.165, 1.54) is 30.4 Å². The van der Waals surface area contributed by atoms with Crippen LogP contribution in [0.15, 0.2) is 18.2 Å². The molecule has 1 aliphatic carbocycles. The highest BCUT2D eigenvalue weighted by molar-refractivity contribution is 9.09. The van der Waals surface area contributed by atoms with Crippen LogP contribution in [-0.2, 0) is 0 Å². The van der Waals surface area contributed by atoms with Gasteiger partial charge in [0.25, 0.3) is 5.91 Å². The lowest BCUT2D eigenvalue weighted by Gasteiger charge is -2.36. The molecule has 2 nitrogen and oxygen atoms in total. The van der Waals surface area contributed by atoms with Gasteiger partial charge in [0.2, 0.25) is 0 Å². The highest BCUT2D eigenvalue weighted by Crippen LogP contribution is 2.30. The maximum atomic E-state index is 12.4. The Morgan fingerprint density at radius 1 is 1.21 bits per heavy atom. The number of hydrogen-bond donors (Lipinski definition) is 1. The lowest BCUT2D eigenvalue weighted by Crippen LogP contribution is -2.51. The van der Waals surface area contributed by atoms with Gasteiger partial charge in [-0.05, 0) is 49.9 Å². The Balaban J connectivity index is 2.12. The first kappa shape index (κ1) is 14.6. The molecule has 1 aromatic rings. The molecule has 1 fully saturated rings. The summed E-state index contributed by atoms with van der Waals surface area (Å²) >= 11 is 3.58. The van der Waals surface area contributed by atoms with E-state index < -0.39 is 0 Å². The molecular weight excluding hydrogens is 302 g/mol. The minimum Gasteiger partial charge on any atom is -0.346 e. The number of benzene rings is 1. The molecule has 0 heterocycles. The van der Waals surface area contributed by atoms with Gasteiger partial charge in [-0.2, -0.15) is 0 Å². The fourth-order valence-corrected chi connectivity index (χ4v) is 3.42. The van der Waals surface area contributed by atoms with E-state index in [0.717, 1.165) is 23.7 Å². The van der Waals surface area contributed by atoms with Crippen LogP contribution in [0.5, 0.6) is 0 Å². The molecule has 0 aliphatic heterocycles. The number of alkyl halides is 1. The summed E-state index contributed by atoms with van der Waals surface area (Å²) in [7, 11) is 0. The Kier molecular flexibility index (Phi) is 4.67. The van der Waals surface area contributed by atoms with E-state index in [0.29, 0.717) is 0 Å². The van der Waals surface area contributed by atoms with Crippen molar-refractivity contribution in [3.63, 3.8) is 0 Å². The highest BCUT2D eigenvalue weighted by atomic mass is 79.9. The van der Waals surface area contributed by atoms with Crippen LogP contribution in [0, 0.1) is 13.8 Å². The Hall–Kier alpha value is -0.830. The van der Waals surface area contributed by atoms with Crippen LogP contribution in [0.25, 0.3) is 0 Å². The Labute approximate surface area is 124 Å². The summed E-state index contributed by atoms with van der Waals surface area (Å²) in [5.74, 6) is 0.0597. The molecule has 3 heteroatoms. The standard InChI is InChI=1S/C16H22BrNO/c1-12-6-7-14(10-13(12)2)15(19)18-16(11-17)8-4-3-5-9-16/h6-7,10H,3-5,8-9,11H2,1-2H3,(H,18,19). The van der Waals surface area contributed by atoms with Gasteiger partial charge < -0.3 is 5.32 Å². The van der Waals surface area contributed by atoms with Crippen LogP contribution in [0.3, 0.4) is 0 Å². The lowest BCUT2D eigenvalue weighted by molar-refractivity contribution is 0.0886. The van der Waals surface area contributed by atoms with E-state index in [1.54, 1.807) is 0 Å². The Morgan fingerprint density at radius 2 is 1.89 bits per heavy atom. The molecule has 0 atom stereocenters. The van der Waals surface area contributed by atoms with Crippen molar-refractivity contribution < 1.29 is 4.79 Å². The molecule has 1 saturated carbocycles. The monoisotopic (exact) mass is 323 g/mol. The van der Waals surface area contributed by atoms with E-state index >= 15 is 0 Å². The largest absolute Gasteiger partial charge is 0.346 e. The van der Waals surface area contributed by atoms with Crippen LogP contribution in [0.4, 0.5) is 0 Å². The summed E-state index contributed by atoms with van der Waals surface area (Å²) in [5.41, 5.74) is 3.12. The normalized spacial score (nSPS) is 18.1. The van der Waals surface area contributed by atoms with Crippen molar-refractivity contribution in [2.75, 3.05) is 5.33 Å². The first-order valence-electron chi connectivity index (χ1n) is 7.02. The topological polar surface area (TPSA) is 29.1 Å². The maximum Gasteiger partial charge on any atom is 0.251 e. The molecule has 2 rings (SSSR count). The summed E-state index contributed by atoms with van der Waals surface area (Å²) in [5, 5.41) is 4.10. The van der Waals surface area contributed by atoms with Crippen LogP contribution >= 0.6 is 15.9 Å². The zero-order chi connectivity index (χ0) is 13.9. The van der Waals surface area contributed by atoms with E-state index in [1.807, 2.05) is 25.1 Å². The summed E-state index contributed by atoms with van der Waals surface area (Å²) in [6.07, 6.45) is 5.86. The SMILES string of the molecule is Cc1ccc(C(=O)NC2(CBr)CCCCC2)cc1C. The molecule has 1 aliphatic rings. The summed E-state index contributed by atoms with van der Waals surface area (Å²) < 4.78 is 0.